The van der Waals surface area contributed by atoms with E-state index in [1.54, 1.807) is 12.3 Å². The fourth-order valence-corrected chi connectivity index (χ4v) is 2.44. The summed E-state index contributed by atoms with van der Waals surface area (Å²) in [5.41, 5.74) is 6.41. The van der Waals surface area contributed by atoms with E-state index in [4.69, 9.17) is 11.6 Å². The minimum atomic E-state index is 0.641. The summed E-state index contributed by atoms with van der Waals surface area (Å²) in [5, 5.41) is 6.08. The predicted octanol–water partition coefficient (Wildman–Crippen LogP) is 4.89. The molecule has 3 rings (SSSR count). The maximum Gasteiger partial charge on any atom is 0.0914 e. The highest BCUT2D eigenvalue weighted by molar-refractivity contribution is 6.35. The van der Waals surface area contributed by atoms with Gasteiger partial charge in [-0.05, 0) is 36.4 Å². The first kappa shape index (κ1) is 14.3. The highest BCUT2D eigenvalue weighted by atomic mass is 35.5. The first-order valence-corrected chi connectivity index (χ1v) is 7.22. The maximum atomic E-state index is 6.21. The highest BCUT2D eigenvalue weighted by Crippen LogP contribution is 2.22. The SMILES string of the molecule is C=C/C(=N\Nc1cccc2ncccc12)c1ccccc1Cl. The molecule has 3 nitrogen and oxygen atoms in total. The van der Waals surface area contributed by atoms with Gasteiger partial charge in [0.15, 0.2) is 0 Å². The molecule has 1 aromatic heterocycles. The van der Waals surface area contributed by atoms with Gasteiger partial charge in [0.25, 0.3) is 0 Å². The van der Waals surface area contributed by atoms with E-state index in [2.05, 4.69) is 22.1 Å². The van der Waals surface area contributed by atoms with Crippen molar-refractivity contribution in [3.63, 3.8) is 0 Å². The second-order valence-corrected chi connectivity index (χ2v) is 5.08. The first-order chi connectivity index (χ1) is 10.8. The largest absolute Gasteiger partial charge is 0.277 e. The number of hydrogen-bond acceptors (Lipinski definition) is 3. The van der Waals surface area contributed by atoms with Crippen LogP contribution < -0.4 is 5.43 Å². The van der Waals surface area contributed by atoms with Crippen LogP contribution in [0.4, 0.5) is 5.69 Å². The van der Waals surface area contributed by atoms with E-state index in [-0.39, 0.29) is 0 Å². The lowest BCUT2D eigenvalue weighted by atomic mass is 10.1. The third-order valence-corrected chi connectivity index (χ3v) is 3.62. The van der Waals surface area contributed by atoms with Gasteiger partial charge in [-0.1, -0.05) is 42.4 Å². The Morgan fingerprint density at radius 3 is 2.77 bits per heavy atom. The van der Waals surface area contributed by atoms with Crippen LogP contribution in [0, 0.1) is 0 Å². The van der Waals surface area contributed by atoms with E-state index in [0.717, 1.165) is 22.2 Å². The minimum Gasteiger partial charge on any atom is -0.277 e. The monoisotopic (exact) mass is 307 g/mol. The molecule has 0 spiro atoms. The van der Waals surface area contributed by atoms with Gasteiger partial charge >= 0.3 is 0 Å². The van der Waals surface area contributed by atoms with Crippen molar-refractivity contribution in [2.45, 2.75) is 0 Å². The van der Waals surface area contributed by atoms with Crippen molar-refractivity contribution in [3.8, 4) is 0 Å². The van der Waals surface area contributed by atoms with Crippen LogP contribution in [0.15, 0.2) is 78.6 Å². The van der Waals surface area contributed by atoms with E-state index in [0.29, 0.717) is 10.7 Å². The third-order valence-electron chi connectivity index (χ3n) is 3.29. The van der Waals surface area contributed by atoms with Gasteiger partial charge in [0.2, 0.25) is 0 Å². The standard InChI is InChI=1S/C18H14ClN3/c1-2-16(13-7-3-4-9-15(13)19)21-22-18-11-5-10-17-14(18)8-6-12-20-17/h2-12,22H,1H2/b21-16+. The third kappa shape index (κ3) is 2.85. The molecule has 3 aromatic rings. The van der Waals surface area contributed by atoms with Crippen LogP contribution in [-0.4, -0.2) is 10.7 Å². The lowest BCUT2D eigenvalue weighted by Gasteiger charge is -2.08. The summed E-state index contributed by atoms with van der Waals surface area (Å²) >= 11 is 6.21. The molecule has 4 heteroatoms. The van der Waals surface area contributed by atoms with Crippen molar-refractivity contribution in [2.24, 2.45) is 5.10 Å². The van der Waals surface area contributed by atoms with E-state index >= 15 is 0 Å². The van der Waals surface area contributed by atoms with E-state index < -0.39 is 0 Å². The van der Waals surface area contributed by atoms with Gasteiger partial charge in [0, 0.05) is 17.1 Å². The van der Waals surface area contributed by atoms with Gasteiger partial charge in [0.05, 0.1) is 21.9 Å². The van der Waals surface area contributed by atoms with E-state index in [1.807, 2.05) is 54.6 Å². The Balaban J connectivity index is 1.98. The topological polar surface area (TPSA) is 37.3 Å². The van der Waals surface area contributed by atoms with Crippen molar-refractivity contribution in [3.05, 3.63) is 84.0 Å². The fraction of sp³-hybridized carbons (Fsp3) is 0. The number of halogens is 1. The smallest absolute Gasteiger partial charge is 0.0914 e. The molecule has 0 fully saturated rings. The maximum absolute atomic E-state index is 6.21. The molecule has 2 aromatic carbocycles. The fourth-order valence-electron chi connectivity index (χ4n) is 2.21. The zero-order chi connectivity index (χ0) is 15.4. The molecule has 0 saturated heterocycles. The number of fused-ring (bicyclic) bond motifs is 1. The average Bonchev–Trinajstić information content (AvgIpc) is 2.57. The lowest BCUT2D eigenvalue weighted by molar-refractivity contribution is 1.34. The zero-order valence-corrected chi connectivity index (χ0v) is 12.6. The van der Waals surface area contributed by atoms with Gasteiger partial charge in [-0.3, -0.25) is 10.4 Å². The number of aromatic nitrogens is 1. The number of nitrogens with zero attached hydrogens (tertiary/aromatic N) is 2. The molecule has 1 heterocycles. The van der Waals surface area contributed by atoms with Gasteiger partial charge < -0.3 is 0 Å². The molecule has 0 aliphatic carbocycles. The average molecular weight is 308 g/mol. The second kappa shape index (κ2) is 6.41. The molecule has 0 unspecified atom stereocenters. The Bertz CT molecular complexity index is 850. The zero-order valence-electron chi connectivity index (χ0n) is 11.8. The molecule has 0 bridgehead atoms. The minimum absolute atomic E-state index is 0.641. The Labute approximate surface area is 134 Å². The summed E-state index contributed by atoms with van der Waals surface area (Å²) in [7, 11) is 0. The van der Waals surface area contributed by atoms with Crippen LogP contribution in [0.1, 0.15) is 5.56 Å². The van der Waals surface area contributed by atoms with Crippen molar-refractivity contribution in [1.29, 1.82) is 0 Å². The Hall–Kier alpha value is -2.65. The predicted molar refractivity (Wildman–Crippen MR) is 93.6 cm³/mol. The molecule has 108 valence electrons. The van der Waals surface area contributed by atoms with Crippen LogP contribution in [0.25, 0.3) is 10.9 Å². The molecule has 0 aliphatic rings. The summed E-state index contributed by atoms with van der Waals surface area (Å²) in [5.74, 6) is 0. The van der Waals surface area contributed by atoms with Crippen molar-refractivity contribution < 1.29 is 0 Å². The van der Waals surface area contributed by atoms with Crippen LogP contribution in [0.5, 0.6) is 0 Å². The second-order valence-electron chi connectivity index (χ2n) is 4.67. The van der Waals surface area contributed by atoms with Crippen LogP contribution in [-0.2, 0) is 0 Å². The summed E-state index contributed by atoms with van der Waals surface area (Å²) in [6.07, 6.45) is 3.45. The molecule has 0 atom stereocenters. The summed E-state index contributed by atoms with van der Waals surface area (Å²) in [6.45, 7) is 3.81. The summed E-state index contributed by atoms with van der Waals surface area (Å²) < 4.78 is 0. The normalized spacial score (nSPS) is 11.4. The molecule has 0 radical (unpaired) electrons. The highest BCUT2D eigenvalue weighted by Gasteiger charge is 2.05. The number of benzene rings is 2. The van der Waals surface area contributed by atoms with Crippen LogP contribution in [0.3, 0.4) is 0 Å². The molecule has 0 saturated carbocycles. The molecule has 22 heavy (non-hydrogen) atoms. The lowest BCUT2D eigenvalue weighted by Crippen LogP contribution is -2.02. The number of hydrazone groups is 1. The number of rotatable bonds is 4. The number of pyridine rings is 1. The first-order valence-electron chi connectivity index (χ1n) is 6.84. The molecule has 0 amide bonds. The molecular formula is C18H14ClN3. The molecule has 1 N–H and O–H groups in total. The van der Waals surface area contributed by atoms with Gasteiger partial charge in [-0.2, -0.15) is 5.10 Å². The Morgan fingerprint density at radius 2 is 1.95 bits per heavy atom. The Morgan fingerprint density at radius 1 is 1.09 bits per heavy atom. The molecule has 0 aliphatic heterocycles. The van der Waals surface area contributed by atoms with Crippen molar-refractivity contribution >= 4 is 33.9 Å². The number of nitrogens with one attached hydrogen (secondary N) is 1. The van der Waals surface area contributed by atoms with Crippen LogP contribution in [0.2, 0.25) is 5.02 Å². The summed E-state index contributed by atoms with van der Waals surface area (Å²) in [4.78, 5) is 4.33. The van der Waals surface area contributed by atoms with E-state index in [9.17, 15) is 0 Å². The molecular weight excluding hydrogens is 294 g/mol. The number of anilines is 1. The summed E-state index contributed by atoms with van der Waals surface area (Å²) in [6, 6.07) is 17.3. The number of allylic oxidation sites excluding steroid dienone is 1. The van der Waals surface area contributed by atoms with Gasteiger partial charge in [0.1, 0.15) is 0 Å². The van der Waals surface area contributed by atoms with Crippen molar-refractivity contribution in [2.75, 3.05) is 5.43 Å². The van der Waals surface area contributed by atoms with Gasteiger partial charge in [-0.15, -0.1) is 0 Å². The quantitative estimate of drug-likeness (QED) is 0.550. The van der Waals surface area contributed by atoms with Crippen molar-refractivity contribution in [1.82, 2.24) is 4.98 Å². The van der Waals surface area contributed by atoms with E-state index in [1.165, 1.54) is 0 Å². The van der Waals surface area contributed by atoms with Crippen LogP contribution >= 0.6 is 11.6 Å². The Kier molecular flexibility index (Phi) is 4.17. The van der Waals surface area contributed by atoms with Gasteiger partial charge in [-0.25, -0.2) is 0 Å². The number of hydrogen-bond donors (Lipinski definition) is 1.